The summed E-state index contributed by atoms with van der Waals surface area (Å²) in [5.74, 6) is 4.25. The molecule has 4 saturated carbocycles. The number of fused-ring (bicyclic) bond motifs is 5. The van der Waals surface area contributed by atoms with Gasteiger partial charge >= 0.3 is 5.97 Å². The Labute approximate surface area is 153 Å². The minimum atomic E-state index is -0.240. The molecule has 0 aromatic carbocycles. The highest BCUT2D eigenvalue weighted by Crippen LogP contribution is 2.67. The summed E-state index contributed by atoms with van der Waals surface area (Å²) in [7, 11) is 0. The molecule has 0 heterocycles. The Balaban J connectivity index is 1.51. The smallest absolute Gasteiger partial charge is 0.330 e. The highest BCUT2D eigenvalue weighted by Gasteiger charge is 2.59. The number of rotatable bonds is 2. The van der Waals surface area contributed by atoms with Crippen LogP contribution in [0, 0.1) is 40.4 Å². The summed E-state index contributed by atoms with van der Waals surface area (Å²) in [6.07, 6.45) is 13.4. The van der Waals surface area contributed by atoms with Gasteiger partial charge in [0.2, 0.25) is 0 Å². The molecule has 25 heavy (non-hydrogen) atoms. The molecular formula is C23H36O2. The van der Waals surface area contributed by atoms with Crippen molar-refractivity contribution in [3.63, 3.8) is 0 Å². The van der Waals surface area contributed by atoms with Crippen molar-refractivity contribution in [3.05, 3.63) is 12.7 Å². The number of hydrogen-bond donors (Lipinski definition) is 0. The Kier molecular flexibility index (Phi) is 4.32. The molecule has 8 atom stereocenters. The van der Waals surface area contributed by atoms with Gasteiger partial charge in [0.25, 0.3) is 0 Å². The highest BCUT2D eigenvalue weighted by molar-refractivity contribution is 5.81. The SMILES string of the molecule is C=CC(=O)OC1CC[C@@]2(C)C(CCC3C2CC[C@]2(C)C(C)CCC32)C1. The summed E-state index contributed by atoms with van der Waals surface area (Å²) in [6.45, 7) is 11.2. The molecule has 0 amide bonds. The van der Waals surface area contributed by atoms with Crippen LogP contribution in [-0.2, 0) is 9.53 Å². The van der Waals surface area contributed by atoms with Gasteiger partial charge in [-0.1, -0.05) is 27.4 Å². The number of hydrogen-bond acceptors (Lipinski definition) is 2. The number of carbonyl (C=O) groups excluding carboxylic acids is 1. The Morgan fingerprint density at radius 2 is 1.72 bits per heavy atom. The highest BCUT2D eigenvalue weighted by atomic mass is 16.5. The maximum absolute atomic E-state index is 11.6. The predicted molar refractivity (Wildman–Crippen MR) is 101 cm³/mol. The van der Waals surface area contributed by atoms with Crippen molar-refractivity contribution in [2.75, 3.05) is 0 Å². The van der Waals surface area contributed by atoms with E-state index in [0.717, 1.165) is 42.4 Å². The summed E-state index contributed by atoms with van der Waals surface area (Å²) < 4.78 is 5.61. The molecule has 6 unspecified atom stereocenters. The third kappa shape index (κ3) is 2.61. The average molecular weight is 345 g/mol. The second kappa shape index (κ2) is 6.13. The van der Waals surface area contributed by atoms with Gasteiger partial charge in [0.1, 0.15) is 6.10 Å². The van der Waals surface area contributed by atoms with Gasteiger partial charge in [-0.25, -0.2) is 4.79 Å². The van der Waals surface area contributed by atoms with E-state index in [2.05, 4.69) is 27.4 Å². The average Bonchev–Trinajstić information content (AvgIpc) is 2.90. The van der Waals surface area contributed by atoms with Crippen LogP contribution >= 0.6 is 0 Å². The first-order valence-corrected chi connectivity index (χ1v) is 10.7. The van der Waals surface area contributed by atoms with Crippen LogP contribution in [0.2, 0.25) is 0 Å². The fraction of sp³-hybridized carbons (Fsp3) is 0.870. The predicted octanol–water partition coefficient (Wildman–Crippen LogP) is 5.76. The molecule has 2 heteroatoms. The third-order valence-electron chi connectivity index (χ3n) is 9.54. The quantitative estimate of drug-likeness (QED) is 0.470. The Bertz CT molecular complexity index is 554. The molecule has 0 radical (unpaired) electrons. The zero-order chi connectivity index (χ0) is 17.8. The first-order valence-electron chi connectivity index (χ1n) is 10.7. The monoisotopic (exact) mass is 344 g/mol. The maximum atomic E-state index is 11.6. The van der Waals surface area contributed by atoms with E-state index < -0.39 is 0 Å². The molecule has 0 N–H and O–H groups in total. The lowest BCUT2D eigenvalue weighted by Crippen LogP contribution is -2.54. The lowest BCUT2D eigenvalue weighted by Gasteiger charge is -2.61. The van der Waals surface area contributed by atoms with Crippen molar-refractivity contribution in [2.45, 2.75) is 84.7 Å². The van der Waals surface area contributed by atoms with Crippen LogP contribution in [0.15, 0.2) is 12.7 Å². The first-order chi connectivity index (χ1) is 11.9. The van der Waals surface area contributed by atoms with Gasteiger partial charge in [-0.05, 0) is 98.2 Å². The first kappa shape index (κ1) is 17.6. The van der Waals surface area contributed by atoms with Crippen molar-refractivity contribution in [2.24, 2.45) is 40.4 Å². The topological polar surface area (TPSA) is 26.3 Å². The number of esters is 1. The normalized spacial score (nSPS) is 51.8. The zero-order valence-electron chi connectivity index (χ0n) is 16.4. The van der Waals surface area contributed by atoms with Crippen LogP contribution in [0.1, 0.15) is 78.6 Å². The summed E-state index contributed by atoms with van der Waals surface area (Å²) in [4.78, 5) is 11.6. The van der Waals surface area contributed by atoms with Crippen molar-refractivity contribution >= 4 is 5.97 Å². The molecule has 0 saturated heterocycles. The molecule has 4 aliphatic rings. The van der Waals surface area contributed by atoms with Gasteiger partial charge < -0.3 is 4.74 Å². The van der Waals surface area contributed by atoms with Crippen molar-refractivity contribution in [3.8, 4) is 0 Å². The standard InChI is InChI=1S/C23H36O2/c1-5-21(24)25-17-10-12-23(4)16(14-17)7-8-18-19-9-6-15(2)22(19,3)13-11-20(18)23/h5,15-20H,1,6-14H2,2-4H3/t15?,16?,17?,18?,19?,20?,22-,23+/m1/s1. The largest absolute Gasteiger partial charge is 0.459 e. The summed E-state index contributed by atoms with van der Waals surface area (Å²) in [6, 6.07) is 0. The van der Waals surface area contributed by atoms with Crippen LogP contribution in [-0.4, -0.2) is 12.1 Å². The second-order valence-corrected chi connectivity index (χ2v) is 10.2. The van der Waals surface area contributed by atoms with Gasteiger partial charge in [-0.15, -0.1) is 0 Å². The molecule has 140 valence electrons. The Morgan fingerprint density at radius 1 is 1.00 bits per heavy atom. The molecule has 4 rings (SSSR count). The van der Waals surface area contributed by atoms with Crippen molar-refractivity contribution in [1.82, 2.24) is 0 Å². The molecule has 0 aromatic rings. The van der Waals surface area contributed by atoms with E-state index in [4.69, 9.17) is 4.74 Å². The van der Waals surface area contributed by atoms with Gasteiger partial charge in [0.05, 0.1) is 0 Å². The third-order valence-corrected chi connectivity index (χ3v) is 9.54. The fourth-order valence-electron chi connectivity index (χ4n) is 7.80. The maximum Gasteiger partial charge on any atom is 0.330 e. The van der Waals surface area contributed by atoms with Gasteiger partial charge in [-0.3, -0.25) is 0 Å². The number of carbonyl (C=O) groups is 1. The minimum Gasteiger partial charge on any atom is -0.459 e. The molecular weight excluding hydrogens is 308 g/mol. The minimum absolute atomic E-state index is 0.125. The molecule has 2 nitrogen and oxygen atoms in total. The Hall–Kier alpha value is -0.790. The molecule has 0 aromatic heterocycles. The van der Waals surface area contributed by atoms with Crippen molar-refractivity contribution in [1.29, 1.82) is 0 Å². The molecule has 4 fully saturated rings. The van der Waals surface area contributed by atoms with Crippen molar-refractivity contribution < 1.29 is 9.53 Å². The summed E-state index contributed by atoms with van der Waals surface area (Å²) in [5, 5.41) is 0. The van der Waals surface area contributed by atoms with Crippen LogP contribution in [0.5, 0.6) is 0 Å². The van der Waals surface area contributed by atoms with E-state index in [9.17, 15) is 4.79 Å². The van der Waals surface area contributed by atoms with Crippen LogP contribution < -0.4 is 0 Å². The van der Waals surface area contributed by atoms with Gasteiger partial charge in [0, 0.05) is 6.08 Å². The molecule has 4 aliphatic carbocycles. The zero-order valence-corrected chi connectivity index (χ0v) is 16.4. The lowest BCUT2D eigenvalue weighted by atomic mass is 9.45. The van der Waals surface area contributed by atoms with Gasteiger partial charge in [0.15, 0.2) is 0 Å². The van der Waals surface area contributed by atoms with E-state index in [1.165, 1.54) is 51.0 Å². The lowest BCUT2D eigenvalue weighted by molar-refractivity contribution is -0.157. The van der Waals surface area contributed by atoms with E-state index in [1.807, 2.05) is 0 Å². The van der Waals surface area contributed by atoms with Gasteiger partial charge in [-0.2, -0.15) is 0 Å². The molecule has 0 spiro atoms. The second-order valence-electron chi connectivity index (χ2n) is 10.2. The van der Waals surface area contributed by atoms with E-state index in [0.29, 0.717) is 10.8 Å². The van der Waals surface area contributed by atoms with E-state index >= 15 is 0 Å². The molecule has 0 aliphatic heterocycles. The Morgan fingerprint density at radius 3 is 2.48 bits per heavy atom. The molecule has 0 bridgehead atoms. The van der Waals surface area contributed by atoms with Crippen LogP contribution in [0.4, 0.5) is 0 Å². The van der Waals surface area contributed by atoms with Crippen LogP contribution in [0.3, 0.4) is 0 Å². The van der Waals surface area contributed by atoms with E-state index in [-0.39, 0.29) is 12.1 Å². The summed E-state index contributed by atoms with van der Waals surface area (Å²) >= 11 is 0. The number of ether oxygens (including phenoxy) is 1. The fourth-order valence-corrected chi connectivity index (χ4v) is 7.80. The summed E-state index contributed by atoms with van der Waals surface area (Å²) in [5.41, 5.74) is 1.09. The van der Waals surface area contributed by atoms with Crippen LogP contribution in [0.25, 0.3) is 0 Å². The van der Waals surface area contributed by atoms with E-state index in [1.54, 1.807) is 0 Å².